The normalized spacial score (nSPS) is 15.0. The highest BCUT2D eigenvalue weighted by Gasteiger charge is 2.24. The van der Waals surface area contributed by atoms with Crippen molar-refractivity contribution >= 4 is 11.8 Å². The summed E-state index contributed by atoms with van der Waals surface area (Å²) in [6.45, 7) is 3.31. The first kappa shape index (κ1) is 22.6. The molecule has 2 N–H and O–H groups in total. The van der Waals surface area contributed by atoms with Gasteiger partial charge in [-0.25, -0.2) is 0 Å². The summed E-state index contributed by atoms with van der Waals surface area (Å²) in [6.07, 6.45) is 0. The van der Waals surface area contributed by atoms with Crippen molar-refractivity contribution in [3.05, 3.63) is 59.7 Å². The maximum absolute atomic E-state index is 12.4. The molecule has 1 fully saturated rings. The zero-order valence-corrected chi connectivity index (χ0v) is 17.9. The van der Waals surface area contributed by atoms with Crippen molar-refractivity contribution in [2.75, 3.05) is 47.1 Å². The molecular weight excluding hydrogens is 398 g/mol. The van der Waals surface area contributed by atoms with Crippen LogP contribution in [0, 0.1) is 0 Å². The van der Waals surface area contributed by atoms with Crippen molar-refractivity contribution in [1.82, 2.24) is 15.5 Å². The van der Waals surface area contributed by atoms with E-state index in [1.54, 1.807) is 14.2 Å². The molecular formula is C23H29N3O5. The molecule has 2 amide bonds. The Kier molecular flexibility index (Phi) is 8.26. The van der Waals surface area contributed by atoms with Gasteiger partial charge < -0.3 is 24.8 Å². The lowest BCUT2D eigenvalue weighted by atomic mass is 10.0. The molecule has 0 spiro atoms. The van der Waals surface area contributed by atoms with Crippen molar-refractivity contribution in [3.8, 4) is 11.5 Å². The topological polar surface area (TPSA) is 89.1 Å². The van der Waals surface area contributed by atoms with Crippen LogP contribution in [0.25, 0.3) is 0 Å². The fraction of sp³-hybridized carbons (Fsp3) is 0.391. The van der Waals surface area contributed by atoms with E-state index in [2.05, 4.69) is 15.5 Å². The molecule has 1 saturated heterocycles. The smallest absolute Gasteiger partial charge is 0.309 e. The van der Waals surface area contributed by atoms with Gasteiger partial charge in [0, 0.05) is 31.7 Å². The van der Waals surface area contributed by atoms with Crippen molar-refractivity contribution in [2.45, 2.75) is 12.6 Å². The fourth-order valence-electron chi connectivity index (χ4n) is 3.55. The largest absolute Gasteiger partial charge is 0.497 e. The number of carbonyl (C=O) groups excluding carboxylic acids is 2. The van der Waals surface area contributed by atoms with Crippen LogP contribution in [-0.4, -0.2) is 63.8 Å². The number of hydrogen-bond acceptors (Lipinski definition) is 6. The Morgan fingerprint density at radius 2 is 1.65 bits per heavy atom. The van der Waals surface area contributed by atoms with Crippen LogP contribution in [-0.2, 0) is 20.9 Å². The van der Waals surface area contributed by atoms with Crippen LogP contribution < -0.4 is 20.1 Å². The van der Waals surface area contributed by atoms with Crippen LogP contribution in [0.4, 0.5) is 0 Å². The zero-order valence-electron chi connectivity index (χ0n) is 17.9. The summed E-state index contributed by atoms with van der Waals surface area (Å²) in [5.41, 5.74) is 1.84. The minimum absolute atomic E-state index is 0.0687. The number of amides is 2. The van der Waals surface area contributed by atoms with E-state index in [0.717, 1.165) is 30.0 Å². The molecule has 1 aliphatic rings. The second kappa shape index (κ2) is 11.3. The summed E-state index contributed by atoms with van der Waals surface area (Å²) in [5, 5.41) is 5.43. The number of methoxy groups -OCH3 is 2. The van der Waals surface area contributed by atoms with Gasteiger partial charge in [-0.05, 0) is 23.8 Å². The molecule has 1 atom stereocenters. The second-order valence-corrected chi connectivity index (χ2v) is 7.14. The van der Waals surface area contributed by atoms with E-state index in [9.17, 15) is 9.59 Å². The average Bonchev–Trinajstić information content (AvgIpc) is 2.83. The standard InChI is InChI=1S/C23H29N3O5/c1-29-19-9-7-17(8-10-19)20(26-11-13-31-14-12-26)16-25-23(28)22(27)24-15-18-5-3-4-6-21(18)30-2/h3-10,20H,11-16H2,1-2H3,(H,24,27)(H,25,28)/t20-/m1/s1. The Balaban J connectivity index is 1.60. The Morgan fingerprint density at radius 1 is 0.968 bits per heavy atom. The van der Waals surface area contributed by atoms with Crippen LogP contribution in [0.2, 0.25) is 0 Å². The van der Waals surface area contributed by atoms with E-state index in [1.807, 2.05) is 48.5 Å². The number of nitrogens with one attached hydrogen (secondary N) is 2. The zero-order chi connectivity index (χ0) is 22.1. The first-order chi connectivity index (χ1) is 15.1. The molecule has 1 heterocycles. The maximum atomic E-state index is 12.4. The Bertz CT molecular complexity index is 866. The lowest BCUT2D eigenvalue weighted by Gasteiger charge is -2.34. The van der Waals surface area contributed by atoms with Gasteiger partial charge in [-0.2, -0.15) is 0 Å². The van der Waals surface area contributed by atoms with E-state index >= 15 is 0 Å². The lowest BCUT2D eigenvalue weighted by molar-refractivity contribution is -0.139. The highest BCUT2D eigenvalue weighted by atomic mass is 16.5. The molecule has 8 nitrogen and oxygen atoms in total. The molecule has 31 heavy (non-hydrogen) atoms. The minimum Gasteiger partial charge on any atom is -0.497 e. The molecule has 0 bridgehead atoms. The minimum atomic E-state index is -0.679. The Morgan fingerprint density at radius 3 is 2.32 bits per heavy atom. The van der Waals surface area contributed by atoms with E-state index in [-0.39, 0.29) is 12.6 Å². The first-order valence-electron chi connectivity index (χ1n) is 10.3. The van der Waals surface area contributed by atoms with Gasteiger partial charge >= 0.3 is 11.8 Å². The molecule has 2 aromatic carbocycles. The van der Waals surface area contributed by atoms with Gasteiger partial charge in [0.15, 0.2) is 0 Å². The van der Waals surface area contributed by atoms with Gasteiger partial charge in [0.25, 0.3) is 0 Å². The average molecular weight is 428 g/mol. The van der Waals surface area contributed by atoms with Crippen molar-refractivity contribution < 1.29 is 23.8 Å². The number of morpholine rings is 1. The molecule has 8 heteroatoms. The van der Waals surface area contributed by atoms with Gasteiger partial charge in [0.05, 0.1) is 33.5 Å². The van der Waals surface area contributed by atoms with Crippen LogP contribution >= 0.6 is 0 Å². The number of para-hydroxylation sites is 1. The summed E-state index contributed by atoms with van der Waals surface area (Å²) in [6, 6.07) is 15.0. The molecule has 0 unspecified atom stereocenters. The number of rotatable bonds is 8. The van der Waals surface area contributed by atoms with Crippen molar-refractivity contribution in [2.24, 2.45) is 0 Å². The van der Waals surface area contributed by atoms with Gasteiger partial charge in [0.1, 0.15) is 11.5 Å². The van der Waals surface area contributed by atoms with Crippen LogP contribution in [0.1, 0.15) is 17.2 Å². The lowest BCUT2D eigenvalue weighted by Crippen LogP contribution is -2.46. The highest BCUT2D eigenvalue weighted by molar-refractivity contribution is 6.35. The second-order valence-electron chi connectivity index (χ2n) is 7.14. The van der Waals surface area contributed by atoms with E-state index in [0.29, 0.717) is 25.5 Å². The molecule has 166 valence electrons. The fourth-order valence-corrected chi connectivity index (χ4v) is 3.55. The third kappa shape index (κ3) is 6.19. The predicted octanol–water partition coefficient (Wildman–Crippen LogP) is 1.51. The molecule has 0 saturated carbocycles. The predicted molar refractivity (Wildman–Crippen MR) is 116 cm³/mol. The first-order valence-corrected chi connectivity index (χ1v) is 10.3. The Hall–Kier alpha value is -3.10. The number of ether oxygens (including phenoxy) is 3. The number of hydrogen-bond donors (Lipinski definition) is 2. The number of nitrogens with zero attached hydrogens (tertiary/aromatic N) is 1. The summed E-state index contributed by atoms with van der Waals surface area (Å²) in [7, 11) is 3.19. The highest BCUT2D eigenvalue weighted by Crippen LogP contribution is 2.23. The van der Waals surface area contributed by atoms with Crippen molar-refractivity contribution in [1.29, 1.82) is 0 Å². The molecule has 0 aromatic heterocycles. The quantitative estimate of drug-likeness (QED) is 0.621. The molecule has 1 aliphatic heterocycles. The van der Waals surface area contributed by atoms with Gasteiger partial charge in [-0.15, -0.1) is 0 Å². The Labute approximate surface area is 182 Å². The number of benzene rings is 2. The van der Waals surface area contributed by atoms with Crippen molar-refractivity contribution in [3.63, 3.8) is 0 Å². The monoisotopic (exact) mass is 427 g/mol. The van der Waals surface area contributed by atoms with Gasteiger partial charge in [-0.3, -0.25) is 14.5 Å². The van der Waals surface area contributed by atoms with Crippen LogP contribution in [0.15, 0.2) is 48.5 Å². The van der Waals surface area contributed by atoms with E-state index < -0.39 is 11.8 Å². The SMILES string of the molecule is COc1ccc([C@@H](CNC(=O)C(=O)NCc2ccccc2OC)N2CCOCC2)cc1. The molecule has 0 radical (unpaired) electrons. The maximum Gasteiger partial charge on any atom is 0.309 e. The summed E-state index contributed by atoms with van der Waals surface area (Å²) < 4.78 is 16.0. The van der Waals surface area contributed by atoms with Gasteiger partial charge in [-0.1, -0.05) is 30.3 Å². The third-order valence-corrected chi connectivity index (χ3v) is 5.28. The summed E-state index contributed by atoms with van der Waals surface area (Å²) in [4.78, 5) is 27.0. The molecule has 3 rings (SSSR count). The third-order valence-electron chi connectivity index (χ3n) is 5.28. The summed E-state index contributed by atoms with van der Waals surface area (Å²) >= 11 is 0. The van der Waals surface area contributed by atoms with Crippen LogP contribution in [0.3, 0.4) is 0 Å². The van der Waals surface area contributed by atoms with E-state index in [1.165, 1.54) is 0 Å². The molecule has 2 aromatic rings. The van der Waals surface area contributed by atoms with Gasteiger partial charge in [0.2, 0.25) is 0 Å². The summed E-state index contributed by atoms with van der Waals surface area (Å²) in [5.74, 6) is 0.0855. The number of carbonyl (C=O) groups is 2. The molecule has 0 aliphatic carbocycles. The van der Waals surface area contributed by atoms with E-state index in [4.69, 9.17) is 14.2 Å². The van der Waals surface area contributed by atoms with Crippen LogP contribution in [0.5, 0.6) is 11.5 Å².